The summed E-state index contributed by atoms with van der Waals surface area (Å²) in [6.07, 6.45) is 0.731. The number of nitrogens with zero attached hydrogens (tertiary/aromatic N) is 1. The van der Waals surface area contributed by atoms with Gasteiger partial charge in [0.15, 0.2) is 11.5 Å². The van der Waals surface area contributed by atoms with Crippen molar-refractivity contribution in [2.75, 3.05) is 19.6 Å². The lowest BCUT2D eigenvalue weighted by Crippen LogP contribution is -2.55. The Morgan fingerprint density at radius 1 is 1.29 bits per heavy atom. The number of amides is 2. The van der Waals surface area contributed by atoms with Crippen molar-refractivity contribution in [3.05, 3.63) is 24.3 Å². The number of nitrogens with one attached hydrogen (secondary N) is 1. The van der Waals surface area contributed by atoms with Gasteiger partial charge in [-0.1, -0.05) is 12.1 Å². The Morgan fingerprint density at radius 3 is 2.71 bits per heavy atom. The SMILES string of the molecule is C[C@@H]1Oc2ccccc2O[C@@H]1C(=O)N[C@H]1CCCN(CC(N)=O)C1. The van der Waals surface area contributed by atoms with E-state index in [2.05, 4.69) is 5.32 Å². The molecule has 0 saturated carbocycles. The van der Waals surface area contributed by atoms with Gasteiger partial charge < -0.3 is 20.5 Å². The first-order chi connectivity index (χ1) is 11.5. The standard InChI is InChI=1S/C17H23N3O4/c1-11-16(24-14-7-3-2-6-13(14)23-11)17(22)19-12-5-4-8-20(9-12)10-15(18)21/h2-3,6-7,11-12,16H,4-5,8-10H2,1H3,(H2,18,21)(H,19,22)/t11-,12-,16-/m0/s1. The summed E-state index contributed by atoms with van der Waals surface area (Å²) in [7, 11) is 0. The highest BCUT2D eigenvalue weighted by Gasteiger charge is 2.35. The molecule has 130 valence electrons. The summed E-state index contributed by atoms with van der Waals surface area (Å²) in [4.78, 5) is 25.6. The molecule has 0 bridgehead atoms. The summed E-state index contributed by atoms with van der Waals surface area (Å²) in [6.45, 7) is 3.48. The zero-order valence-corrected chi connectivity index (χ0v) is 13.7. The van der Waals surface area contributed by atoms with Gasteiger partial charge in [-0.2, -0.15) is 0 Å². The van der Waals surface area contributed by atoms with E-state index >= 15 is 0 Å². The molecule has 3 rings (SSSR count). The molecule has 1 aromatic rings. The maximum atomic E-state index is 12.6. The molecule has 0 unspecified atom stereocenters. The number of carbonyl (C=O) groups is 2. The van der Waals surface area contributed by atoms with Crippen molar-refractivity contribution in [1.82, 2.24) is 10.2 Å². The van der Waals surface area contributed by atoms with Crippen molar-refractivity contribution in [2.24, 2.45) is 5.73 Å². The number of nitrogens with two attached hydrogens (primary N) is 1. The average molecular weight is 333 g/mol. The number of para-hydroxylation sites is 2. The Balaban J connectivity index is 1.59. The lowest BCUT2D eigenvalue weighted by atomic mass is 10.0. The van der Waals surface area contributed by atoms with E-state index in [9.17, 15) is 9.59 Å². The monoisotopic (exact) mass is 333 g/mol. The lowest BCUT2D eigenvalue weighted by molar-refractivity contribution is -0.134. The Bertz CT molecular complexity index is 622. The van der Waals surface area contributed by atoms with E-state index in [-0.39, 0.29) is 30.5 Å². The number of fused-ring (bicyclic) bond motifs is 1. The van der Waals surface area contributed by atoms with Crippen LogP contribution in [0.4, 0.5) is 0 Å². The zero-order valence-electron chi connectivity index (χ0n) is 13.7. The Morgan fingerprint density at radius 2 is 2.00 bits per heavy atom. The molecule has 7 heteroatoms. The van der Waals surface area contributed by atoms with Crippen LogP contribution in [0.3, 0.4) is 0 Å². The first-order valence-electron chi connectivity index (χ1n) is 8.26. The van der Waals surface area contributed by atoms with Crippen molar-refractivity contribution in [2.45, 2.75) is 38.0 Å². The van der Waals surface area contributed by atoms with Gasteiger partial charge >= 0.3 is 0 Å². The number of benzene rings is 1. The molecule has 1 saturated heterocycles. The van der Waals surface area contributed by atoms with Crippen LogP contribution in [0.2, 0.25) is 0 Å². The van der Waals surface area contributed by atoms with Crippen LogP contribution >= 0.6 is 0 Å². The predicted octanol–water partition coefficient (Wildman–Crippen LogP) is 0.281. The summed E-state index contributed by atoms with van der Waals surface area (Å²) in [5.74, 6) is 0.688. The van der Waals surface area contributed by atoms with Gasteiger partial charge in [-0.3, -0.25) is 14.5 Å². The minimum atomic E-state index is -0.689. The third-order valence-electron chi connectivity index (χ3n) is 4.33. The molecule has 1 fully saturated rings. The largest absolute Gasteiger partial charge is 0.482 e. The molecule has 7 nitrogen and oxygen atoms in total. The van der Waals surface area contributed by atoms with E-state index in [0.717, 1.165) is 19.4 Å². The lowest BCUT2D eigenvalue weighted by Gasteiger charge is -2.35. The number of primary amides is 1. The Kier molecular flexibility index (Phi) is 4.89. The molecule has 0 aliphatic carbocycles. The number of hydrogen-bond donors (Lipinski definition) is 2. The summed E-state index contributed by atoms with van der Waals surface area (Å²) < 4.78 is 11.6. The van der Waals surface area contributed by atoms with Crippen LogP contribution < -0.4 is 20.5 Å². The number of ether oxygens (including phenoxy) is 2. The van der Waals surface area contributed by atoms with E-state index in [1.807, 2.05) is 30.0 Å². The first-order valence-corrected chi connectivity index (χ1v) is 8.26. The Hall–Kier alpha value is -2.28. The fourth-order valence-electron chi connectivity index (χ4n) is 3.23. The number of hydrogen-bond acceptors (Lipinski definition) is 5. The van der Waals surface area contributed by atoms with Gasteiger partial charge in [-0.25, -0.2) is 0 Å². The van der Waals surface area contributed by atoms with Crippen LogP contribution in [0.1, 0.15) is 19.8 Å². The zero-order chi connectivity index (χ0) is 17.1. The molecule has 0 spiro atoms. The highest BCUT2D eigenvalue weighted by atomic mass is 16.6. The van der Waals surface area contributed by atoms with Crippen molar-refractivity contribution in [1.29, 1.82) is 0 Å². The number of likely N-dealkylation sites (tertiary alicyclic amines) is 1. The van der Waals surface area contributed by atoms with Gasteiger partial charge in [0, 0.05) is 12.6 Å². The summed E-state index contributed by atoms with van der Waals surface area (Å²) in [6, 6.07) is 7.30. The number of rotatable bonds is 4. The predicted molar refractivity (Wildman–Crippen MR) is 87.7 cm³/mol. The molecule has 3 atom stereocenters. The van der Waals surface area contributed by atoms with Crippen LogP contribution in [-0.4, -0.2) is 54.6 Å². The molecule has 2 amide bonds. The van der Waals surface area contributed by atoms with Crippen molar-refractivity contribution >= 4 is 11.8 Å². The highest BCUT2D eigenvalue weighted by molar-refractivity contribution is 5.82. The summed E-state index contributed by atoms with van der Waals surface area (Å²) in [5, 5.41) is 3.02. The highest BCUT2D eigenvalue weighted by Crippen LogP contribution is 2.33. The van der Waals surface area contributed by atoms with Gasteiger partial charge in [0.2, 0.25) is 12.0 Å². The van der Waals surface area contributed by atoms with E-state index in [1.165, 1.54) is 0 Å². The topological polar surface area (TPSA) is 93.9 Å². The van der Waals surface area contributed by atoms with Crippen molar-refractivity contribution in [3.8, 4) is 11.5 Å². The first kappa shape index (κ1) is 16.6. The van der Waals surface area contributed by atoms with Crippen molar-refractivity contribution < 1.29 is 19.1 Å². The number of carbonyl (C=O) groups excluding carboxylic acids is 2. The van der Waals surface area contributed by atoms with Crippen molar-refractivity contribution in [3.63, 3.8) is 0 Å². The third kappa shape index (κ3) is 3.79. The van der Waals surface area contributed by atoms with E-state index in [4.69, 9.17) is 15.2 Å². The molecule has 1 aromatic carbocycles. The molecule has 0 radical (unpaired) electrons. The quantitative estimate of drug-likeness (QED) is 0.825. The number of piperidine rings is 1. The van der Waals surface area contributed by atoms with Gasteiger partial charge in [0.05, 0.1) is 6.54 Å². The molecule has 0 aromatic heterocycles. The van der Waals surface area contributed by atoms with Crippen LogP contribution in [0.25, 0.3) is 0 Å². The van der Waals surface area contributed by atoms with Gasteiger partial charge in [0.25, 0.3) is 5.91 Å². The summed E-state index contributed by atoms with van der Waals surface area (Å²) in [5.41, 5.74) is 5.25. The maximum Gasteiger partial charge on any atom is 0.265 e. The minimum Gasteiger partial charge on any atom is -0.482 e. The molecule has 3 N–H and O–H groups in total. The van der Waals surface area contributed by atoms with Gasteiger partial charge in [0.1, 0.15) is 6.10 Å². The summed E-state index contributed by atoms with van der Waals surface area (Å²) >= 11 is 0. The molecule has 2 heterocycles. The second kappa shape index (κ2) is 7.09. The molecular weight excluding hydrogens is 310 g/mol. The second-order valence-electron chi connectivity index (χ2n) is 6.36. The maximum absolute atomic E-state index is 12.6. The fraction of sp³-hybridized carbons (Fsp3) is 0.529. The molecule has 2 aliphatic rings. The smallest absolute Gasteiger partial charge is 0.265 e. The molecule has 2 aliphatic heterocycles. The van der Waals surface area contributed by atoms with E-state index in [1.54, 1.807) is 6.07 Å². The average Bonchev–Trinajstić information content (AvgIpc) is 2.53. The van der Waals surface area contributed by atoms with Crippen LogP contribution in [0.15, 0.2) is 24.3 Å². The Labute approximate surface area is 141 Å². The van der Waals surface area contributed by atoms with Crippen LogP contribution in [0, 0.1) is 0 Å². The van der Waals surface area contributed by atoms with Crippen LogP contribution in [0.5, 0.6) is 11.5 Å². The molecule has 24 heavy (non-hydrogen) atoms. The third-order valence-corrected chi connectivity index (χ3v) is 4.33. The fourth-order valence-corrected chi connectivity index (χ4v) is 3.23. The van der Waals surface area contributed by atoms with Crippen LogP contribution in [-0.2, 0) is 9.59 Å². The van der Waals surface area contributed by atoms with E-state index in [0.29, 0.717) is 18.0 Å². The normalized spacial score (nSPS) is 26.6. The second-order valence-corrected chi connectivity index (χ2v) is 6.36. The molecular formula is C17H23N3O4. The van der Waals surface area contributed by atoms with Gasteiger partial charge in [-0.05, 0) is 38.4 Å². The van der Waals surface area contributed by atoms with Gasteiger partial charge in [-0.15, -0.1) is 0 Å². The van der Waals surface area contributed by atoms with E-state index < -0.39 is 6.10 Å². The minimum absolute atomic E-state index is 0.0152.